The van der Waals surface area contributed by atoms with Crippen molar-refractivity contribution >= 4 is 12.2 Å². The topological polar surface area (TPSA) is 27.2 Å². The van der Waals surface area contributed by atoms with E-state index in [4.69, 9.17) is 17.3 Å². The van der Waals surface area contributed by atoms with Crippen molar-refractivity contribution in [3.8, 4) is 11.4 Å². The molecule has 4 nitrogen and oxygen atoms in total. The van der Waals surface area contributed by atoms with Gasteiger partial charge >= 0.3 is 0 Å². The fraction of sp³-hybridized carbons (Fsp3) is 0.238. The molecule has 3 aromatic rings. The molecule has 1 atom stereocenters. The van der Waals surface area contributed by atoms with Crippen LogP contribution in [0.1, 0.15) is 11.1 Å². The Morgan fingerprint density at radius 2 is 1.81 bits per heavy atom. The van der Waals surface area contributed by atoms with Crippen molar-refractivity contribution in [1.82, 2.24) is 14.3 Å². The minimum atomic E-state index is 0.653. The fourth-order valence-corrected chi connectivity index (χ4v) is 3.35. The molecule has 0 aliphatic heterocycles. The molecule has 134 valence electrons. The van der Waals surface area contributed by atoms with Crippen LogP contribution in [0.5, 0.6) is 0 Å². The van der Waals surface area contributed by atoms with E-state index in [1.165, 1.54) is 16.0 Å². The summed E-state index contributed by atoms with van der Waals surface area (Å²) in [5.41, 5.74) is 3.73. The van der Waals surface area contributed by atoms with Crippen molar-refractivity contribution in [3.63, 3.8) is 0 Å². The normalized spacial score (nSPS) is 12.1. The number of hydrogen-bond donors (Lipinski definition) is 1. The third-order valence-electron chi connectivity index (χ3n) is 4.44. The molecule has 2 aromatic carbocycles. The Morgan fingerprint density at radius 3 is 2.50 bits per heavy atom. The Bertz CT molecular complexity index is 940. The van der Waals surface area contributed by atoms with Gasteiger partial charge in [-0.15, -0.1) is 11.7 Å². The first kappa shape index (κ1) is 18.3. The monoisotopic (exact) mass is 365 g/mol. The van der Waals surface area contributed by atoms with Gasteiger partial charge < -0.3 is 4.90 Å². The molecule has 0 aliphatic rings. The van der Waals surface area contributed by atoms with Gasteiger partial charge in [-0.2, -0.15) is 4.68 Å². The third-order valence-corrected chi connectivity index (χ3v) is 4.87. The van der Waals surface area contributed by atoms with E-state index in [9.17, 15) is 0 Å². The molecule has 0 radical (unpaired) electrons. The SMILES string of the molecule is C=CCn1c(-c2ccccc2)nn(C[NH+](C)Cc2ccccc2C)c1=S. The number of aryl methyl sites for hydroxylation is 1. The first-order valence-electron chi connectivity index (χ1n) is 8.80. The first-order valence-corrected chi connectivity index (χ1v) is 9.20. The maximum Gasteiger partial charge on any atom is 0.203 e. The minimum Gasteiger partial charge on any atom is -0.315 e. The lowest BCUT2D eigenvalue weighted by atomic mass is 10.1. The maximum atomic E-state index is 5.69. The molecular formula is C21H25N4S+. The second kappa shape index (κ2) is 8.25. The molecule has 1 heterocycles. The van der Waals surface area contributed by atoms with Gasteiger partial charge in [0, 0.05) is 17.7 Å². The van der Waals surface area contributed by atoms with Crippen LogP contribution in [-0.2, 0) is 19.8 Å². The van der Waals surface area contributed by atoms with Crippen molar-refractivity contribution in [2.75, 3.05) is 7.05 Å². The number of nitrogens with one attached hydrogen (secondary N) is 1. The van der Waals surface area contributed by atoms with Crippen LogP contribution in [0.3, 0.4) is 0 Å². The maximum absolute atomic E-state index is 5.69. The van der Waals surface area contributed by atoms with E-state index >= 15 is 0 Å². The molecule has 0 spiro atoms. The highest BCUT2D eigenvalue weighted by Gasteiger charge is 2.15. The van der Waals surface area contributed by atoms with Crippen molar-refractivity contribution < 1.29 is 4.90 Å². The van der Waals surface area contributed by atoms with Crippen LogP contribution in [-0.4, -0.2) is 21.4 Å². The molecule has 0 saturated carbocycles. The van der Waals surface area contributed by atoms with E-state index in [-0.39, 0.29) is 0 Å². The second-order valence-corrected chi connectivity index (χ2v) is 6.95. The van der Waals surface area contributed by atoms with E-state index in [0.717, 1.165) is 29.4 Å². The summed E-state index contributed by atoms with van der Waals surface area (Å²) in [7, 11) is 2.17. The molecule has 1 N–H and O–H groups in total. The quantitative estimate of drug-likeness (QED) is 0.514. The van der Waals surface area contributed by atoms with Crippen LogP contribution in [0.2, 0.25) is 0 Å². The molecule has 0 bridgehead atoms. The summed E-state index contributed by atoms with van der Waals surface area (Å²) in [6, 6.07) is 18.7. The summed E-state index contributed by atoms with van der Waals surface area (Å²) in [6.45, 7) is 8.32. The summed E-state index contributed by atoms with van der Waals surface area (Å²) >= 11 is 5.69. The van der Waals surface area contributed by atoms with Gasteiger partial charge in [0.2, 0.25) is 4.77 Å². The summed E-state index contributed by atoms with van der Waals surface area (Å²) in [4.78, 5) is 1.33. The molecule has 0 amide bonds. The lowest BCUT2D eigenvalue weighted by molar-refractivity contribution is -0.917. The molecule has 1 unspecified atom stereocenters. The Kier molecular flexibility index (Phi) is 5.81. The van der Waals surface area contributed by atoms with E-state index in [0.29, 0.717) is 6.54 Å². The van der Waals surface area contributed by atoms with Crippen molar-refractivity contribution in [1.29, 1.82) is 0 Å². The van der Waals surface area contributed by atoms with E-state index in [1.54, 1.807) is 0 Å². The smallest absolute Gasteiger partial charge is 0.203 e. The van der Waals surface area contributed by atoms with Crippen LogP contribution >= 0.6 is 12.2 Å². The van der Waals surface area contributed by atoms with Crippen molar-refractivity contribution in [2.24, 2.45) is 0 Å². The van der Waals surface area contributed by atoms with Gasteiger partial charge in [-0.1, -0.05) is 60.7 Å². The average molecular weight is 366 g/mol. The molecule has 3 rings (SSSR count). The van der Waals surface area contributed by atoms with Crippen LogP contribution in [0.4, 0.5) is 0 Å². The number of rotatable bonds is 7. The molecule has 0 saturated heterocycles. The number of allylic oxidation sites excluding steroid dienone is 1. The van der Waals surface area contributed by atoms with Crippen LogP contribution < -0.4 is 4.90 Å². The molecular weight excluding hydrogens is 340 g/mol. The number of nitrogens with zero attached hydrogens (tertiary/aromatic N) is 3. The van der Waals surface area contributed by atoms with Gasteiger partial charge in [0.25, 0.3) is 0 Å². The highest BCUT2D eigenvalue weighted by molar-refractivity contribution is 7.71. The summed E-state index contributed by atoms with van der Waals surface area (Å²) in [5.74, 6) is 0.888. The lowest BCUT2D eigenvalue weighted by Crippen LogP contribution is -3.07. The molecule has 0 aliphatic carbocycles. The Labute approximate surface area is 160 Å². The molecule has 1 aromatic heterocycles. The summed E-state index contributed by atoms with van der Waals surface area (Å²) in [5, 5.41) is 4.81. The fourth-order valence-electron chi connectivity index (χ4n) is 3.08. The highest BCUT2D eigenvalue weighted by atomic mass is 32.1. The third kappa shape index (κ3) is 4.00. The number of aromatic nitrogens is 3. The van der Waals surface area contributed by atoms with Gasteiger partial charge in [0.1, 0.15) is 6.54 Å². The van der Waals surface area contributed by atoms with Gasteiger partial charge in [-0.25, -0.2) is 0 Å². The average Bonchev–Trinajstić information content (AvgIpc) is 2.94. The van der Waals surface area contributed by atoms with Gasteiger partial charge in [0.05, 0.1) is 7.05 Å². The Morgan fingerprint density at radius 1 is 1.12 bits per heavy atom. The number of hydrogen-bond acceptors (Lipinski definition) is 2. The van der Waals surface area contributed by atoms with Gasteiger partial charge in [-0.3, -0.25) is 4.57 Å². The van der Waals surface area contributed by atoms with Crippen molar-refractivity contribution in [2.45, 2.75) is 26.7 Å². The zero-order valence-corrected chi connectivity index (χ0v) is 16.2. The van der Waals surface area contributed by atoms with Gasteiger partial charge in [-0.05, 0) is 24.7 Å². The lowest BCUT2D eigenvalue weighted by Gasteiger charge is -2.15. The first-order chi connectivity index (χ1) is 12.6. The largest absolute Gasteiger partial charge is 0.315 e. The standard InChI is InChI=1S/C21H24N4S/c1-4-14-24-20(18-11-6-5-7-12-18)22-25(21(24)26)16-23(3)15-19-13-9-8-10-17(19)2/h4-13H,1,14-16H2,2-3H3/p+1. The van der Waals surface area contributed by atoms with Crippen LogP contribution in [0, 0.1) is 11.7 Å². The highest BCUT2D eigenvalue weighted by Crippen LogP contribution is 2.17. The van der Waals surface area contributed by atoms with E-state index in [1.807, 2.05) is 33.5 Å². The van der Waals surface area contributed by atoms with Crippen molar-refractivity contribution in [3.05, 3.63) is 83.2 Å². The Balaban J connectivity index is 1.87. The molecule has 0 fully saturated rings. The van der Waals surface area contributed by atoms with Gasteiger partial charge in [0.15, 0.2) is 12.5 Å². The number of benzene rings is 2. The predicted octanol–water partition coefficient (Wildman–Crippen LogP) is 3.25. The van der Waals surface area contributed by atoms with E-state index in [2.05, 4.69) is 56.9 Å². The summed E-state index contributed by atoms with van der Waals surface area (Å²) < 4.78 is 4.70. The zero-order valence-electron chi connectivity index (χ0n) is 15.4. The number of quaternary nitrogens is 1. The predicted molar refractivity (Wildman–Crippen MR) is 108 cm³/mol. The van der Waals surface area contributed by atoms with Crippen LogP contribution in [0.15, 0.2) is 67.3 Å². The minimum absolute atomic E-state index is 0.653. The summed E-state index contributed by atoms with van der Waals surface area (Å²) in [6.07, 6.45) is 1.86. The van der Waals surface area contributed by atoms with Crippen LogP contribution in [0.25, 0.3) is 11.4 Å². The molecule has 5 heteroatoms. The second-order valence-electron chi connectivity index (χ2n) is 6.59. The zero-order chi connectivity index (χ0) is 18.5. The Hall–Kier alpha value is -2.50. The van der Waals surface area contributed by atoms with E-state index < -0.39 is 0 Å². The molecule has 26 heavy (non-hydrogen) atoms.